The maximum Gasteiger partial charge on any atom is 0.236 e. The molecular weight excluding hydrogens is 210 g/mol. The number of aryl methyl sites for hydroxylation is 1. The van der Waals surface area contributed by atoms with E-state index < -0.39 is 0 Å². The second-order valence-corrected chi connectivity index (χ2v) is 4.49. The first-order valence-electron chi connectivity index (χ1n) is 5.06. The Bertz CT molecular complexity index is 324. The molecule has 5 heteroatoms. The molecule has 0 aliphatic heterocycles. The average molecular weight is 227 g/mol. The molecule has 1 atom stereocenters. The minimum atomic E-state index is -0.165. The van der Waals surface area contributed by atoms with E-state index in [2.05, 4.69) is 22.5 Å². The van der Waals surface area contributed by atoms with E-state index in [1.165, 1.54) is 4.88 Å². The first-order valence-corrected chi connectivity index (χ1v) is 5.87. The Morgan fingerprint density at radius 3 is 2.93 bits per heavy atom. The summed E-state index contributed by atoms with van der Waals surface area (Å²) in [7, 11) is 1.64. The van der Waals surface area contributed by atoms with Gasteiger partial charge < -0.3 is 10.6 Å². The lowest BCUT2D eigenvalue weighted by atomic mass is 10.3. The highest BCUT2D eigenvalue weighted by atomic mass is 32.1. The van der Waals surface area contributed by atoms with Crippen molar-refractivity contribution in [2.75, 3.05) is 7.05 Å². The second-order valence-electron chi connectivity index (χ2n) is 3.29. The van der Waals surface area contributed by atoms with E-state index in [4.69, 9.17) is 0 Å². The third kappa shape index (κ3) is 3.60. The highest BCUT2D eigenvalue weighted by molar-refractivity contribution is 7.11. The molecular formula is C10H17N3OS. The number of carbonyl (C=O) groups excluding carboxylic acids is 1. The van der Waals surface area contributed by atoms with E-state index in [0.29, 0.717) is 6.54 Å². The first-order chi connectivity index (χ1) is 7.17. The SMILES string of the molecule is CCc1ncc(CN[C@H](C)C(=O)NC)s1. The van der Waals surface area contributed by atoms with Crippen molar-refractivity contribution in [2.45, 2.75) is 32.9 Å². The van der Waals surface area contributed by atoms with Gasteiger partial charge in [-0.15, -0.1) is 11.3 Å². The largest absolute Gasteiger partial charge is 0.358 e. The van der Waals surface area contributed by atoms with Crippen LogP contribution in [0, 0.1) is 0 Å². The lowest BCUT2D eigenvalue weighted by molar-refractivity contribution is -0.122. The van der Waals surface area contributed by atoms with Crippen molar-refractivity contribution in [2.24, 2.45) is 0 Å². The predicted octanol–water partition coefficient (Wildman–Crippen LogP) is 0.930. The van der Waals surface area contributed by atoms with Crippen LogP contribution in [-0.4, -0.2) is 24.0 Å². The van der Waals surface area contributed by atoms with Crippen LogP contribution in [0.2, 0.25) is 0 Å². The summed E-state index contributed by atoms with van der Waals surface area (Å²) in [5.41, 5.74) is 0. The molecule has 0 saturated carbocycles. The van der Waals surface area contributed by atoms with Gasteiger partial charge in [-0.25, -0.2) is 4.98 Å². The van der Waals surface area contributed by atoms with Crippen molar-refractivity contribution in [3.63, 3.8) is 0 Å². The zero-order valence-corrected chi connectivity index (χ0v) is 10.1. The van der Waals surface area contributed by atoms with Crippen LogP contribution in [0.3, 0.4) is 0 Å². The molecule has 0 aromatic carbocycles. The van der Waals surface area contributed by atoms with Gasteiger partial charge in [-0.1, -0.05) is 6.92 Å². The van der Waals surface area contributed by atoms with Gasteiger partial charge in [0.2, 0.25) is 5.91 Å². The van der Waals surface area contributed by atoms with E-state index in [0.717, 1.165) is 11.4 Å². The van der Waals surface area contributed by atoms with Gasteiger partial charge in [0, 0.05) is 24.7 Å². The number of rotatable bonds is 5. The van der Waals surface area contributed by atoms with Gasteiger partial charge in [-0.2, -0.15) is 0 Å². The highest BCUT2D eigenvalue weighted by Gasteiger charge is 2.10. The highest BCUT2D eigenvalue weighted by Crippen LogP contribution is 2.12. The number of hydrogen-bond donors (Lipinski definition) is 2. The summed E-state index contributed by atoms with van der Waals surface area (Å²) in [6.07, 6.45) is 2.84. The van der Waals surface area contributed by atoms with Crippen LogP contribution in [0.15, 0.2) is 6.20 Å². The summed E-state index contributed by atoms with van der Waals surface area (Å²) in [4.78, 5) is 16.6. The molecule has 1 amide bonds. The van der Waals surface area contributed by atoms with Crippen molar-refractivity contribution >= 4 is 17.2 Å². The molecule has 0 radical (unpaired) electrons. The molecule has 0 bridgehead atoms. The Morgan fingerprint density at radius 2 is 2.40 bits per heavy atom. The summed E-state index contributed by atoms with van der Waals surface area (Å²) in [5, 5.41) is 6.89. The fourth-order valence-corrected chi connectivity index (χ4v) is 1.97. The fraction of sp³-hybridized carbons (Fsp3) is 0.600. The molecule has 0 aliphatic carbocycles. The maximum absolute atomic E-state index is 11.2. The Balaban J connectivity index is 2.39. The molecule has 0 aliphatic rings. The number of hydrogen-bond acceptors (Lipinski definition) is 4. The fourth-order valence-electron chi connectivity index (χ4n) is 1.16. The number of nitrogens with one attached hydrogen (secondary N) is 2. The molecule has 1 heterocycles. The van der Waals surface area contributed by atoms with Crippen LogP contribution in [-0.2, 0) is 17.8 Å². The molecule has 0 fully saturated rings. The van der Waals surface area contributed by atoms with E-state index in [1.54, 1.807) is 18.4 Å². The van der Waals surface area contributed by atoms with Crippen molar-refractivity contribution in [1.29, 1.82) is 0 Å². The van der Waals surface area contributed by atoms with Gasteiger partial charge >= 0.3 is 0 Å². The Labute approximate surface area is 94.1 Å². The van der Waals surface area contributed by atoms with Gasteiger partial charge in [0.05, 0.1) is 11.0 Å². The number of amides is 1. The Morgan fingerprint density at radius 1 is 1.67 bits per heavy atom. The standard InChI is InChI=1S/C10H17N3OS/c1-4-9-13-6-8(15-9)5-12-7(2)10(14)11-3/h6-7,12H,4-5H2,1-3H3,(H,11,14)/t7-/m1/s1. The van der Waals surface area contributed by atoms with Crippen LogP contribution < -0.4 is 10.6 Å². The van der Waals surface area contributed by atoms with Crippen LogP contribution >= 0.6 is 11.3 Å². The summed E-state index contributed by atoms with van der Waals surface area (Å²) in [6.45, 7) is 4.63. The number of likely N-dealkylation sites (N-methyl/N-ethyl adjacent to an activating group) is 1. The molecule has 2 N–H and O–H groups in total. The van der Waals surface area contributed by atoms with Gasteiger partial charge in [-0.3, -0.25) is 4.79 Å². The van der Waals surface area contributed by atoms with E-state index in [-0.39, 0.29) is 11.9 Å². The van der Waals surface area contributed by atoms with Gasteiger partial charge in [0.1, 0.15) is 0 Å². The van der Waals surface area contributed by atoms with Crippen LogP contribution in [0.4, 0.5) is 0 Å². The van der Waals surface area contributed by atoms with Gasteiger partial charge in [0.15, 0.2) is 0 Å². The number of aromatic nitrogens is 1. The minimum absolute atomic E-state index is 0.00947. The molecule has 1 rings (SSSR count). The third-order valence-electron chi connectivity index (χ3n) is 2.13. The van der Waals surface area contributed by atoms with E-state index in [1.807, 2.05) is 13.1 Å². The molecule has 15 heavy (non-hydrogen) atoms. The molecule has 84 valence electrons. The molecule has 0 spiro atoms. The summed E-state index contributed by atoms with van der Waals surface area (Å²) >= 11 is 1.69. The maximum atomic E-state index is 11.2. The van der Waals surface area contributed by atoms with Crippen molar-refractivity contribution in [3.05, 3.63) is 16.1 Å². The topological polar surface area (TPSA) is 54.0 Å². The van der Waals surface area contributed by atoms with Crippen LogP contribution in [0.25, 0.3) is 0 Å². The number of carbonyl (C=O) groups is 1. The lowest BCUT2D eigenvalue weighted by Crippen LogP contribution is -2.40. The zero-order chi connectivity index (χ0) is 11.3. The first kappa shape index (κ1) is 12.1. The Hall–Kier alpha value is -0.940. The second kappa shape index (κ2) is 5.82. The predicted molar refractivity (Wildman–Crippen MR) is 61.9 cm³/mol. The summed E-state index contributed by atoms with van der Waals surface area (Å²) < 4.78 is 0. The van der Waals surface area contributed by atoms with E-state index in [9.17, 15) is 4.79 Å². The van der Waals surface area contributed by atoms with E-state index >= 15 is 0 Å². The van der Waals surface area contributed by atoms with Crippen molar-refractivity contribution < 1.29 is 4.79 Å². The van der Waals surface area contributed by atoms with Crippen LogP contribution in [0.1, 0.15) is 23.7 Å². The quantitative estimate of drug-likeness (QED) is 0.787. The minimum Gasteiger partial charge on any atom is -0.358 e. The molecule has 1 aromatic rings. The number of thiazole rings is 1. The van der Waals surface area contributed by atoms with Crippen molar-refractivity contribution in [1.82, 2.24) is 15.6 Å². The third-order valence-corrected chi connectivity index (χ3v) is 3.27. The Kier molecular flexibility index (Phi) is 4.71. The van der Waals surface area contributed by atoms with Gasteiger partial charge in [0.25, 0.3) is 0 Å². The van der Waals surface area contributed by atoms with Crippen molar-refractivity contribution in [3.8, 4) is 0 Å². The normalized spacial score (nSPS) is 12.5. The zero-order valence-electron chi connectivity index (χ0n) is 9.33. The monoisotopic (exact) mass is 227 g/mol. The molecule has 1 aromatic heterocycles. The summed E-state index contributed by atoms with van der Waals surface area (Å²) in [6, 6.07) is -0.165. The molecule has 4 nitrogen and oxygen atoms in total. The molecule has 0 unspecified atom stereocenters. The summed E-state index contributed by atoms with van der Waals surface area (Å²) in [5.74, 6) is 0.00947. The average Bonchev–Trinajstić information content (AvgIpc) is 2.72. The smallest absolute Gasteiger partial charge is 0.236 e. The van der Waals surface area contributed by atoms with Crippen LogP contribution in [0.5, 0.6) is 0 Å². The lowest BCUT2D eigenvalue weighted by Gasteiger charge is -2.10. The molecule has 0 saturated heterocycles. The van der Waals surface area contributed by atoms with Gasteiger partial charge in [-0.05, 0) is 13.3 Å². The number of nitrogens with zero attached hydrogens (tertiary/aromatic N) is 1.